The molecule has 0 amide bonds. The molecule has 0 aliphatic rings. The maximum Gasteiger partial charge on any atom is 0.341 e. The van der Waals surface area contributed by atoms with Gasteiger partial charge in [0.1, 0.15) is 22.5 Å². The third-order valence-electron chi connectivity index (χ3n) is 3.58. The molecule has 0 radical (unpaired) electrons. The summed E-state index contributed by atoms with van der Waals surface area (Å²) in [6, 6.07) is 17.2. The smallest absolute Gasteiger partial charge is 0.341 e. The maximum atomic E-state index is 12.1. The Morgan fingerprint density at radius 1 is 1.24 bits per heavy atom. The number of thiol groups is 1. The van der Waals surface area contributed by atoms with Crippen LogP contribution in [-0.4, -0.2) is 24.7 Å². The number of hydrogen-bond donors (Lipinski definition) is 3. The fourth-order valence-electron chi connectivity index (χ4n) is 2.33. The zero-order valence-electron chi connectivity index (χ0n) is 15.6. The lowest BCUT2D eigenvalue weighted by Crippen LogP contribution is -2.10. The predicted molar refractivity (Wildman–Crippen MR) is 114 cm³/mol. The van der Waals surface area contributed by atoms with Gasteiger partial charge in [-0.25, -0.2) is 9.18 Å². The van der Waals surface area contributed by atoms with E-state index in [1.54, 1.807) is 24.3 Å². The average Bonchev–Trinajstić information content (AvgIpc) is 3.19. The minimum absolute atomic E-state index is 0.220. The highest BCUT2D eigenvalue weighted by Crippen LogP contribution is 2.35. The Kier molecular flexibility index (Phi) is 8.68. The Labute approximate surface area is 177 Å². The van der Waals surface area contributed by atoms with Crippen molar-refractivity contribution in [3.05, 3.63) is 70.9 Å². The Hall–Kier alpha value is -2.86. The van der Waals surface area contributed by atoms with Gasteiger partial charge in [-0.05, 0) is 61.1 Å². The van der Waals surface area contributed by atoms with Crippen molar-refractivity contribution in [2.24, 2.45) is 0 Å². The molecular formula is C21H19FN2O3S2. The van der Waals surface area contributed by atoms with Gasteiger partial charge in [-0.2, -0.15) is 5.26 Å². The summed E-state index contributed by atoms with van der Waals surface area (Å²) in [5.41, 5.74) is 1.86. The molecule has 0 unspecified atom stereocenters. The van der Waals surface area contributed by atoms with Gasteiger partial charge in [0.2, 0.25) is 0 Å². The molecule has 2 N–H and O–H groups in total. The number of halogens is 1. The van der Waals surface area contributed by atoms with Gasteiger partial charge in [0, 0.05) is 21.9 Å². The number of carbonyl (C=O) groups is 1. The fourth-order valence-corrected chi connectivity index (χ4v) is 3.31. The minimum Gasteiger partial charge on any atom is -0.481 e. The Balaban J connectivity index is 0.000000313. The Bertz CT molecular complexity index is 977. The second-order valence-corrected chi connectivity index (χ2v) is 7.40. The highest BCUT2D eigenvalue weighted by Gasteiger charge is 2.12. The monoisotopic (exact) mass is 430 g/mol. The molecule has 0 aliphatic carbocycles. The van der Waals surface area contributed by atoms with E-state index in [1.807, 2.05) is 25.2 Å². The summed E-state index contributed by atoms with van der Waals surface area (Å²) in [5, 5.41) is 20.7. The van der Waals surface area contributed by atoms with Crippen molar-refractivity contribution >= 4 is 29.9 Å². The molecule has 3 aromatic rings. The molecular weight excluding hydrogens is 411 g/mol. The number of nitriles is 1. The van der Waals surface area contributed by atoms with Crippen LogP contribution in [0.4, 0.5) is 4.39 Å². The molecule has 1 heterocycles. The quantitative estimate of drug-likeness (QED) is 0.499. The van der Waals surface area contributed by atoms with Gasteiger partial charge in [0.15, 0.2) is 6.61 Å². The molecule has 0 bridgehead atoms. The van der Waals surface area contributed by atoms with Gasteiger partial charge in [0.05, 0.1) is 0 Å². The van der Waals surface area contributed by atoms with Crippen LogP contribution in [-0.2, 0) is 11.3 Å². The van der Waals surface area contributed by atoms with Crippen molar-refractivity contribution in [3.8, 4) is 22.3 Å². The minimum atomic E-state index is -1.02. The Morgan fingerprint density at radius 3 is 2.52 bits per heavy atom. The summed E-state index contributed by atoms with van der Waals surface area (Å²) in [5.74, 6) is -0.740. The molecule has 0 aliphatic heterocycles. The summed E-state index contributed by atoms with van der Waals surface area (Å²) >= 11 is 5.32. The molecule has 3 rings (SSSR count). The molecule has 0 atom stereocenters. The van der Waals surface area contributed by atoms with E-state index in [0.29, 0.717) is 17.2 Å². The van der Waals surface area contributed by atoms with Crippen LogP contribution >= 0.6 is 24.0 Å². The van der Waals surface area contributed by atoms with E-state index in [-0.39, 0.29) is 5.82 Å². The van der Waals surface area contributed by atoms with Crippen molar-refractivity contribution in [3.63, 3.8) is 0 Å². The zero-order chi connectivity index (χ0) is 21.2. The largest absolute Gasteiger partial charge is 0.481 e. The SMILES string of the molecule is CNCc1ccc(OCC(=O)O)c(-c2ccc(C#N)s2)c1.Fc1ccc(S)cc1. The van der Waals surface area contributed by atoms with Gasteiger partial charge in [0.25, 0.3) is 0 Å². The van der Waals surface area contributed by atoms with Gasteiger partial charge in [-0.1, -0.05) is 6.07 Å². The van der Waals surface area contributed by atoms with Crippen LogP contribution in [0.5, 0.6) is 5.75 Å². The number of nitrogens with zero attached hydrogens (tertiary/aromatic N) is 1. The standard InChI is InChI=1S/C15H14N2O3S.C6H5FS/c1-17-8-10-2-4-13(20-9-15(18)19)12(6-10)14-5-3-11(7-16)21-14;7-5-1-3-6(8)4-2-5/h2-6,17H,8-9H2,1H3,(H,18,19);1-4,8H. The maximum absolute atomic E-state index is 12.1. The first-order chi connectivity index (χ1) is 13.9. The highest BCUT2D eigenvalue weighted by atomic mass is 32.1. The van der Waals surface area contributed by atoms with E-state index in [1.165, 1.54) is 23.5 Å². The Morgan fingerprint density at radius 2 is 1.97 bits per heavy atom. The molecule has 2 aromatic carbocycles. The summed E-state index contributed by atoms with van der Waals surface area (Å²) in [4.78, 5) is 12.9. The van der Waals surface area contributed by atoms with Crippen LogP contribution < -0.4 is 10.1 Å². The van der Waals surface area contributed by atoms with E-state index in [9.17, 15) is 9.18 Å². The van der Waals surface area contributed by atoms with Gasteiger partial charge >= 0.3 is 5.97 Å². The van der Waals surface area contributed by atoms with Gasteiger partial charge in [-0.3, -0.25) is 0 Å². The number of benzene rings is 2. The topological polar surface area (TPSA) is 82.3 Å². The molecule has 29 heavy (non-hydrogen) atoms. The van der Waals surface area contributed by atoms with E-state index in [2.05, 4.69) is 24.0 Å². The molecule has 1 aromatic heterocycles. The number of nitrogens with one attached hydrogen (secondary N) is 1. The van der Waals surface area contributed by atoms with E-state index in [4.69, 9.17) is 15.1 Å². The molecule has 0 spiro atoms. The van der Waals surface area contributed by atoms with E-state index in [0.717, 1.165) is 20.9 Å². The summed E-state index contributed by atoms with van der Waals surface area (Å²) in [6.07, 6.45) is 0. The second-order valence-electron chi connectivity index (χ2n) is 5.80. The van der Waals surface area contributed by atoms with Crippen molar-refractivity contribution in [1.29, 1.82) is 5.26 Å². The summed E-state index contributed by atoms with van der Waals surface area (Å²) in [6.45, 7) is 0.303. The number of thiophene rings is 1. The highest BCUT2D eigenvalue weighted by molar-refractivity contribution is 7.80. The molecule has 150 valence electrons. The van der Waals surface area contributed by atoms with Crippen LogP contribution in [0.25, 0.3) is 10.4 Å². The van der Waals surface area contributed by atoms with E-state index < -0.39 is 12.6 Å². The molecule has 0 fully saturated rings. The average molecular weight is 431 g/mol. The second kappa shape index (κ2) is 11.2. The molecule has 0 saturated carbocycles. The summed E-state index contributed by atoms with van der Waals surface area (Å²) < 4.78 is 17.4. The van der Waals surface area contributed by atoms with E-state index >= 15 is 0 Å². The van der Waals surface area contributed by atoms with Crippen LogP contribution in [0.1, 0.15) is 10.4 Å². The lowest BCUT2D eigenvalue weighted by Gasteiger charge is -2.11. The number of ether oxygens (including phenoxy) is 1. The number of carboxylic acids is 1. The number of rotatable bonds is 6. The molecule has 0 saturated heterocycles. The first kappa shape index (κ1) is 22.4. The molecule has 8 heteroatoms. The number of carboxylic acid groups (broad SMARTS) is 1. The fraction of sp³-hybridized carbons (Fsp3) is 0.143. The van der Waals surface area contributed by atoms with Crippen LogP contribution in [0, 0.1) is 17.1 Å². The van der Waals surface area contributed by atoms with Gasteiger partial charge in [-0.15, -0.1) is 24.0 Å². The van der Waals surface area contributed by atoms with Crippen molar-refractivity contribution < 1.29 is 19.0 Å². The number of hydrogen-bond acceptors (Lipinski definition) is 6. The third kappa shape index (κ3) is 7.23. The van der Waals surface area contributed by atoms with Gasteiger partial charge < -0.3 is 15.2 Å². The van der Waals surface area contributed by atoms with Crippen LogP contribution in [0.3, 0.4) is 0 Å². The lowest BCUT2D eigenvalue weighted by atomic mass is 10.1. The summed E-state index contributed by atoms with van der Waals surface area (Å²) in [7, 11) is 1.85. The van der Waals surface area contributed by atoms with Crippen molar-refractivity contribution in [1.82, 2.24) is 5.32 Å². The van der Waals surface area contributed by atoms with Crippen LogP contribution in [0.2, 0.25) is 0 Å². The normalized spacial score (nSPS) is 9.86. The third-order valence-corrected chi connectivity index (χ3v) is 4.91. The predicted octanol–water partition coefficient (Wildman–Crippen LogP) is 4.58. The van der Waals surface area contributed by atoms with Crippen LogP contribution in [0.15, 0.2) is 59.5 Å². The molecule has 5 nitrogen and oxygen atoms in total. The zero-order valence-corrected chi connectivity index (χ0v) is 17.3. The van der Waals surface area contributed by atoms with Crippen molar-refractivity contribution in [2.45, 2.75) is 11.4 Å². The lowest BCUT2D eigenvalue weighted by molar-refractivity contribution is -0.139. The first-order valence-corrected chi connectivity index (χ1v) is 9.76. The first-order valence-electron chi connectivity index (χ1n) is 8.50. The number of aliphatic carboxylic acids is 1. The van der Waals surface area contributed by atoms with Crippen molar-refractivity contribution in [2.75, 3.05) is 13.7 Å².